The van der Waals surface area contributed by atoms with Gasteiger partial charge in [-0.3, -0.25) is 4.79 Å². The largest absolute Gasteiger partial charge is 0.481 e. The van der Waals surface area contributed by atoms with Gasteiger partial charge >= 0.3 is 0 Å². The first-order valence-electron chi connectivity index (χ1n) is 10.2. The van der Waals surface area contributed by atoms with Crippen LogP contribution in [0.5, 0.6) is 5.75 Å². The molecule has 1 amide bonds. The van der Waals surface area contributed by atoms with Crippen molar-refractivity contribution in [3.63, 3.8) is 0 Å². The van der Waals surface area contributed by atoms with Crippen molar-refractivity contribution >= 4 is 5.91 Å². The van der Waals surface area contributed by atoms with Crippen molar-refractivity contribution in [1.29, 1.82) is 0 Å². The molecule has 1 heterocycles. The van der Waals surface area contributed by atoms with Crippen molar-refractivity contribution in [2.24, 2.45) is 0 Å². The van der Waals surface area contributed by atoms with E-state index in [-0.39, 0.29) is 12.5 Å². The van der Waals surface area contributed by atoms with Crippen molar-refractivity contribution < 1.29 is 14.1 Å². The molecular weight excluding hydrogens is 378 g/mol. The van der Waals surface area contributed by atoms with Crippen LogP contribution in [0, 0.1) is 13.8 Å². The molecule has 0 aliphatic heterocycles. The first-order valence-corrected chi connectivity index (χ1v) is 10.2. The highest BCUT2D eigenvalue weighted by Crippen LogP contribution is 2.28. The number of carbonyl (C=O) groups excluding carboxylic acids is 1. The molecule has 1 aromatic heterocycles. The Hall–Kier alpha value is -3.15. The topological polar surface area (TPSA) is 68.5 Å². The smallest absolute Gasteiger partial charge is 0.263 e. The Labute approximate surface area is 177 Å². The highest BCUT2D eigenvalue weighted by Gasteiger charge is 2.23. The summed E-state index contributed by atoms with van der Waals surface area (Å²) in [6, 6.07) is 14.0. The van der Waals surface area contributed by atoms with Gasteiger partial charge < -0.3 is 14.2 Å². The van der Waals surface area contributed by atoms with Gasteiger partial charge in [-0.2, -0.15) is 4.98 Å². The van der Waals surface area contributed by atoms with E-state index in [4.69, 9.17) is 9.26 Å². The second-order valence-corrected chi connectivity index (χ2v) is 8.03. The van der Waals surface area contributed by atoms with E-state index in [9.17, 15) is 4.79 Å². The summed E-state index contributed by atoms with van der Waals surface area (Å²) in [6.45, 7) is 10.2. The first kappa shape index (κ1) is 21.6. The Bertz CT molecular complexity index is 1030. The van der Waals surface area contributed by atoms with E-state index in [1.54, 1.807) is 18.9 Å². The molecule has 2 aromatic carbocycles. The van der Waals surface area contributed by atoms with Gasteiger partial charge in [-0.15, -0.1) is 0 Å². The molecule has 0 saturated heterocycles. The van der Waals surface area contributed by atoms with Crippen LogP contribution in [0.2, 0.25) is 0 Å². The Morgan fingerprint density at radius 3 is 2.53 bits per heavy atom. The summed E-state index contributed by atoms with van der Waals surface area (Å²) < 4.78 is 11.4. The predicted molar refractivity (Wildman–Crippen MR) is 116 cm³/mol. The van der Waals surface area contributed by atoms with Crippen LogP contribution in [0.1, 0.15) is 49.3 Å². The molecule has 6 heteroatoms. The lowest BCUT2D eigenvalue weighted by Gasteiger charge is -2.23. The number of aromatic nitrogens is 2. The highest BCUT2D eigenvalue weighted by molar-refractivity contribution is 5.80. The lowest BCUT2D eigenvalue weighted by atomic mass is 10.0. The molecule has 6 nitrogen and oxygen atoms in total. The van der Waals surface area contributed by atoms with E-state index >= 15 is 0 Å². The van der Waals surface area contributed by atoms with E-state index in [0.29, 0.717) is 17.6 Å². The lowest BCUT2D eigenvalue weighted by Crippen LogP contribution is -2.37. The van der Waals surface area contributed by atoms with E-state index in [2.05, 4.69) is 36.1 Å². The molecule has 0 aliphatic carbocycles. The van der Waals surface area contributed by atoms with E-state index < -0.39 is 6.10 Å². The van der Waals surface area contributed by atoms with Crippen molar-refractivity contribution in [2.75, 3.05) is 7.05 Å². The zero-order chi connectivity index (χ0) is 21.8. The SMILES string of the molecule is Cc1cccc(-c2noc(CN(C)C(=O)[C@H](C)Oc3cc(C)ccc3C(C)C)n2)c1. The third-order valence-electron chi connectivity index (χ3n) is 4.94. The third kappa shape index (κ3) is 5.06. The minimum absolute atomic E-state index is 0.151. The van der Waals surface area contributed by atoms with Crippen LogP contribution in [-0.4, -0.2) is 34.1 Å². The number of carbonyl (C=O) groups is 1. The van der Waals surface area contributed by atoms with Crippen LogP contribution in [-0.2, 0) is 11.3 Å². The maximum Gasteiger partial charge on any atom is 0.263 e. The predicted octanol–water partition coefficient (Wildman–Crippen LogP) is 4.90. The minimum atomic E-state index is -0.631. The number of likely N-dealkylation sites (N-methyl/N-ethyl adjacent to an activating group) is 1. The summed E-state index contributed by atoms with van der Waals surface area (Å²) in [5, 5.41) is 4.04. The lowest BCUT2D eigenvalue weighted by molar-refractivity contribution is -0.137. The fraction of sp³-hybridized carbons (Fsp3) is 0.375. The number of hydrogen-bond donors (Lipinski definition) is 0. The van der Waals surface area contributed by atoms with Crippen LogP contribution in [0.15, 0.2) is 47.0 Å². The molecule has 3 aromatic rings. The molecule has 0 bridgehead atoms. The van der Waals surface area contributed by atoms with Gasteiger partial charge in [0.05, 0.1) is 6.54 Å². The van der Waals surface area contributed by atoms with Crippen molar-refractivity contribution in [3.05, 3.63) is 65.0 Å². The quantitative estimate of drug-likeness (QED) is 0.557. The van der Waals surface area contributed by atoms with Crippen LogP contribution >= 0.6 is 0 Å². The maximum absolute atomic E-state index is 12.9. The van der Waals surface area contributed by atoms with Gasteiger partial charge in [0, 0.05) is 12.6 Å². The summed E-state index contributed by atoms with van der Waals surface area (Å²) in [7, 11) is 1.71. The average molecular weight is 408 g/mol. The first-order chi connectivity index (χ1) is 14.2. The molecule has 0 unspecified atom stereocenters. The maximum atomic E-state index is 12.9. The number of amides is 1. The van der Waals surface area contributed by atoms with Crippen LogP contribution in [0.25, 0.3) is 11.4 Å². The van der Waals surface area contributed by atoms with Gasteiger partial charge in [0.15, 0.2) is 6.10 Å². The number of benzene rings is 2. The summed E-state index contributed by atoms with van der Waals surface area (Å²) in [5.41, 5.74) is 4.19. The summed E-state index contributed by atoms with van der Waals surface area (Å²) in [5.74, 6) is 1.80. The third-order valence-corrected chi connectivity index (χ3v) is 4.94. The Morgan fingerprint density at radius 1 is 1.10 bits per heavy atom. The van der Waals surface area contributed by atoms with Crippen LogP contribution < -0.4 is 4.74 Å². The molecule has 0 radical (unpaired) electrons. The van der Waals surface area contributed by atoms with Gasteiger partial charge in [0.25, 0.3) is 5.91 Å². The molecule has 0 aliphatic rings. The minimum Gasteiger partial charge on any atom is -0.481 e. The second-order valence-electron chi connectivity index (χ2n) is 8.03. The van der Waals surface area contributed by atoms with Gasteiger partial charge in [0.2, 0.25) is 11.7 Å². The number of hydrogen-bond acceptors (Lipinski definition) is 5. The monoisotopic (exact) mass is 407 g/mol. The normalized spacial score (nSPS) is 12.1. The van der Waals surface area contributed by atoms with E-state index in [0.717, 1.165) is 28.0 Å². The Morgan fingerprint density at radius 2 is 1.83 bits per heavy atom. The summed E-state index contributed by atoms with van der Waals surface area (Å²) in [4.78, 5) is 18.8. The molecule has 0 fully saturated rings. The number of ether oxygens (including phenoxy) is 1. The van der Waals surface area contributed by atoms with E-state index in [1.807, 2.05) is 44.2 Å². The molecule has 1 atom stereocenters. The molecule has 0 saturated carbocycles. The molecule has 30 heavy (non-hydrogen) atoms. The van der Waals surface area contributed by atoms with Crippen molar-refractivity contribution in [3.8, 4) is 17.1 Å². The van der Waals surface area contributed by atoms with E-state index in [1.165, 1.54) is 0 Å². The highest BCUT2D eigenvalue weighted by atomic mass is 16.5. The number of rotatable bonds is 7. The average Bonchev–Trinajstić information content (AvgIpc) is 3.15. The van der Waals surface area contributed by atoms with Gasteiger partial charge in [-0.25, -0.2) is 0 Å². The second kappa shape index (κ2) is 9.11. The molecule has 0 spiro atoms. The summed E-state index contributed by atoms with van der Waals surface area (Å²) in [6.07, 6.45) is -0.631. The standard InChI is InChI=1S/C24H29N3O3/c1-15(2)20-11-10-17(4)13-21(20)29-18(5)24(28)27(6)14-22-25-23(26-30-22)19-9-7-8-16(3)12-19/h7-13,15,18H,14H2,1-6H3/t18-/m0/s1. The van der Waals surface area contributed by atoms with Crippen LogP contribution in [0.4, 0.5) is 0 Å². The Balaban J connectivity index is 1.67. The fourth-order valence-electron chi connectivity index (χ4n) is 3.27. The Kier molecular flexibility index (Phi) is 6.55. The molecular formula is C24H29N3O3. The zero-order valence-corrected chi connectivity index (χ0v) is 18.5. The number of nitrogens with zero attached hydrogens (tertiary/aromatic N) is 3. The number of aryl methyl sites for hydroxylation is 2. The summed E-state index contributed by atoms with van der Waals surface area (Å²) >= 11 is 0. The van der Waals surface area contributed by atoms with Crippen molar-refractivity contribution in [1.82, 2.24) is 15.0 Å². The molecule has 158 valence electrons. The molecule has 0 N–H and O–H groups in total. The van der Waals surface area contributed by atoms with Crippen molar-refractivity contribution in [2.45, 2.75) is 53.2 Å². The fourth-order valence-corrected chi connectivity index (χ4v) is 3.27. The van der Waals surface area contributed by atoms with Gasteiger partial charge in [0.1, 0.15) is 5.75 Å². The molecule has 3 rings (SSSR count). The van der Waals surface area contributed by atoms with Gasteiger partial charge in [-0.1, -0.05) is 54.9 Å². The van der Waals surface area contributed by atoms with Gasteiger partial charge in [-0.05, 0) is 49.9 Å². The zero-order valence-electron chi connectivity index (χ0n) is 18.5. The van der Waals surface area contributed by atoms with Crippen LogP contribution in [0.3, 0.4) is 0 Å².